The monoisotopic (exact) mass is 658 g/mol. The van der Waals surface area contributed by atoms with Crippen LogP contribution in [0.4, 0.5) is 0 Å². The van der Waals surface area contributed by atoms with Crippen LogP contribution < -0.4 is 0 Å². The number of hydrogen-bond donors (Lipinski definition) is 0. The minimum Gasteiger partial charge on any atom is -0.0616 e. The zero-order valence-electron chi connectivity index (χ0n) is 29.2. The molecule has 0 nitrogen and oxygen atoms in total. The minimum absolute atomic E-state index is 1.23. The lowest BCUT2D eigenvalue weighted by molar-refractivity contribution is 1.51. The summed E-state index contributed by atoms with van der Waals surface area (Å²) in [5.74, 6) is 0. The van der Waals surface area contributed by atoms with E-state index in [1.807, 2.05) is 0 Å². The zero-order chi connectivity index (χ0) is 34.5. The predicted molar refractivity (Wildman–Crippen MR) is 227 cm³/mol. The van der Waals surface area contributed by atoms with E-state index in [0.717, 1.165) is 0 Å². The fraction of sp³-hybridized carbons (Fsp3) is 0.0385. The summed E-state index contributed by atoms with van der Waals surface area (Å²) in [7, 11) is 0. The zero-order valence-corrected chi connectivity index (χ0v) is 29.2. The van der Waals surface area contributed by atoms with Gasteiger partial charge in [-0.05, 0) is 134 Å². The first-order chi connectivity index (χ1) is 25.6. The molecule has 11 aromatic rings. The third-order valence-electron chi connectivity index (χ3n) is 11.5. The number of rotatable bonds is 2. The first kappa shape index (κ1) is 29.3. The highest BCUT2D eigenvalue weighted by molar-refractivity contribution is 6.34. The normalized spacial score (nSPS) is 12.0. The smallest absolute Gasteiger partial charge is 0.00199 e. The van der Waals surface area contributed by atoms with Gasteiger partial charge in [-0.3, -0.25) is 0 Å². The van der Waals surface area contributed by atoms with Crippen molar-refractivity contribution in [2.45, 2.75) is 13.8 Å². The number of fused-ring (bicyclic) bond motifs is 16. The second kappa shape index (κ2) is 11.0. The molecule has 0 aliphatic carbocycles. The Kier molecular flexibility index (Phi) is 6.19. The molecule has 0 spiro atoms. The Morgan fingerprint density at radius 1 is 0.231 bits per heavy atom. The van der Waals surface area contributed by atoms with Gasteiger partial charge in [0, 0.05) is 0 Å². The summed E-state index contributed by atoms with van der Waals surface area (Å²) in [5.41, 5.74) is 7.56. The third kappa shape index (κ3) is 4.16. The van der Waals surface area contributed by atoms with Gasteiger partial charge >= 0.3 is 0 Å². The average molecular weight is 659 g/mol. The van der Waals surface area contributed by atoms with Crippen molar-refractivity contribution < 1.29 is 0 Å². The lowest BCUT2D eigenvalue weighted by atomic mass is 9.86. The number of aryl methyl sites for hydroxylation is 2. The van der Waals surface area contributed by atoms with Crippen LogP contribution in [0, 0.1) is 13.8 Å². The van der Waals surface area contributed by atoms with Crippen molar-refractivity contribution in [1.82, 2.24) is 0 Å². The summed E-state index contributed by atoms with van der Waals surface area (Å²) in [6.07, 6.45) is 0. The molecule has 0 aromatic heterocycles. The van der Waals surface area contributed by atoms with Gasteiger partial charge in [-0.15, -0.1) is 0 Å². The molecule has 11 aromatic carbocycles. The van der Waals surface area contributed by atoms with Gasteiger partial charge in [-0.2, -0.15) is 0 Å². The summed E-state index contributed by atoms with van der Waals surface area (Å²) < 4.78 is 0. The Balaban J connectivity index is 1.16. The van der Waals surface area contributed by atoms with Crippen LogP contribution in [0.15, 0.2) is 170 Å². The molecule has 0 saturated heterocycles. The Hall–Kier alpha value is -6.50. The molecule has 0 fully saturated rings. The molecule has 0 heteroatoms. The van der Waals surface area contributed by atoms with Gasteiger partial charge in [-0.25, -0.2) is 0 Å². The highest BCUT2D eigenvalue weighted by Crippen LogP contribution is 2.45. The number of benzene rings is 11. The molecule has 242 valence electrons. The molecule has 0 bridgehead atoms. The van der Waals surface area contributed by atoms with Crippen molar-refractivity contribution in [3.63, 3.8) is 0 Å². The van der Waals surface area contributed by atoms with E-state index in [2.05, 4.69) is 184 Å². The molecular weight excluding hydrogens is 625 g/mol. The van der Waals surface area contributed by atoms with E-state index in [1.54, 1.807) is 0 Å². The van der Waals surface area contributed by atoms with Crippen LogP contribution in [0.1, 0.15) is 11.1 Å². The molecule has 0 aliphatic rings. The van der Waals surface area contributed by atoms with Gasteiger partial charge in [0.2, 0.25) is 0 Å². The van der Waals surface area contributed by atoms with Crippen LogP contribution in [0.5, 0.6) is 0 Å². The summed E-state index contributed by atoms with van der Waals surface area (Å²) in [5, 5.41) is 20.9. The van der Waals surface area contributed by atoms with Crippen molar-refractivity contribution >= 4 is 86.2 Å². The van der Waals surface area contributed by atoms with Gasteiger partial charge in [-0.1, -0.05) is 169 Å². The second-order valence-electron chi connectivity index (χ2n) is 14.6. The van der Waals surface area contributed by atoms with Crippen molar-refractivity contribution in [1.29, 1.82) is 0 Å². The molecule has 11 rings (SSSR count). The minimum atomic E-state index is 1.23. The Morgan fingerprint density at radius 3 is 0.923 bits per heavy atom. The highest BCUT2D eigenvalue weighted by atomic mass is 14.2. The summed E-state index contributed by atoms with van der Waals surface area (Å²) in [4.78, 5) is 0. The van der Waals surface area contributed by atoms with Gasteiger partial charge in [0.05, 0.1) is 0 Å². The van der Waals surface area contributed by atoms with E-state index < -0.39 is 0 Å². The topological polar surface area (TPSA) is 0 Å². The maximum atomic E-state index is 2.44. The molecule has 0 saturated carbocycles. The maximum Gasteiger partial charge on any atom is -0.00199 e. The molecule has 0 unspecified atom stereocenters. The Labute approximate surface area is 302 Å². The fourth-order valence-corrected chi connectivity index (χ4v) is 9.17. The van der Waals surface area contributed by atoms with Gasteiger partial charge in [0.15, 0.2) is 0 Å². The van der Waals surface area contributed by atoms with Gasteiger partial charge < -0.3 is 0 Å². The van der Waals surface area contributed by atoms with Crippen LogP contribution in [0.2, 0.25) is 0 Å². The molecule has 0 N–H and O–H groups in total. The lowest BCUT2D eigenvalue weighted by Crippen LogP contribution is -1.90. The third-order valence-corrected chi connectivity index (χ3v) is 11.5. The second-order valence-corrected chi connectivity index (χ2v) is 14.6. The largest absolute Gasteiger partial charge is 0.0616 e. The molecule has 0 amide bonds. The molecule has 0 radical (unpaired) electrons. The van der Waals surface area contributed by atoms with Crippen molar-refractivity contribution in [3.8, 4) is 22.3 Å². The Morgan fingerprint density at radius 2 is 0.538 bits per heavy atom. The average Bonchev–Trinajstić information content (AvgIpc) is 3.20. The van der Waals surface area contributed by atoms with E-state index >= 15 is 0 Å². The van der Waals surface area contributed by atoms with E-state index in [4.69, 9.17) is 0 Å². The van der Waals surface area contributed by atoms with E-state index in [9.17, 15) is 0 Å². The van der Waals surface area contributed by atoms with Gasteiger partial charge in [0.1, 0.15) is 0 Å². The first-order valence-corrected chi connectivity index (χ1v) is 18.3. The van der Waals surface area contributed by atoms with Crippen LogP contribution in [-0.4, -0.2) is 0 Å². The standard InChI is InChI=1S/C52H34/c1-31-19-25-43-47(27-31)35-11-3-5-13-37(35)49-29-45(39-15-7-9-17-41(39)51(43)49)33-21-23-34(24-22-33)46-30-50-38-14-6-4-12-36(38)48-28-32(2)20-26-44(48)52(50)42-18-10-8-16-40(42)46/h3-30H,1-2H3. The van der Waals surface area contributed by atoms with Crippen LogP contribution in [0.3, 0.4) is 0 Å². The van der Waals surface area contributed by atoms with Crippen molar-refractivity contribution in [3.05, 3.63) is 181 Å². The fourth-order valence-electron chi connectivity index (χ4n) is 9.17. The SMILES string of the molecule is Cc1ccc2c(c1)c1ccccc1c1cc(-c3ccc(-c4cc5c6ccccc6c6cc(C)ccc6c5c5ccccc45)cc3)c3ccccc3c21. The molecular formula is C52H34. The number of hydrogen-bond acceptors (Lipinski definition) is 0. The molecule has 52 heavy (non-hydrogen) atoms. The summed E-state index contributed by atoms with van der Waals surface area (Å²) in [6, 6.07) is 63.8. The van der Waals surface area contributed by atoms with E-state index in [-0.39, 0.29) is 0 Å². The Bertz CT molecular complexity index is 3070. The molecule has 0 heterocycles. The molecule has 0 aliphatic heterocycles. The van der Waals surface area contributed by atoms with Crippen molar-refractivity contribution in [2.75, 3.05) is 0 Å². The van der Waals surface area contributed by atoms with Crippen LogP contribution in [-0.2, 0) is 0 Å². The maximum absolute atomic E-state index is 2.44. The predicted octanol–water partition coefficient (Wildman–Crippen LogP) is 14.9. The summed E-state index contributed by atoms with van der Waals surface area (Å²) in [6.45, 7) is 4.38. The summed E-state index contributed by atoms with van der Waals surface area (Å²) >= 11 is 0. The highest BCUT2D eigenvalue weighted by Gasteiger charge is 2.17. The molecule has 0 atom stereocenters. The first-order valence-electron chi connectivity index (χ1n) is 18.3. The van der Waals surface area contributed by atoms with Crippen molar-refractivity contribution in [2.24, 2.45) is 0 Å². The lowest BCUT2D eigenvalue weighted by Gasteiger charge is -2.18. The quantitative estimate of drug-likeness (QED) is 0.162. The van der Waals surface area contributed by atoms with E-state index in [0.29, 0.717) is 0 Å². The van der Waals surface area contributed by atoms with Crippen LogP contribution in [0.25, 0.3) is 108 Å². The van der Waals surface area contributed by atoms with Crippen LogP contribution >= 0.6 is 0 Å². The van der Waals surface area contributed by atoms with Gasteiger partial charge in [0.25, 0.3) is 0 Å². The van der Waals surface area contributed by atoms with E-state index in [1.165, 1.54) is 120 Å².